The molecule has 1 amide bonds. The van der Waals surface area contributed by atoms with Gasteiger partial charge in [-0.3, -0.25) is 4.79 Å². The van der Waals surface area contributed by atoms with Crippen LogP contribution in [-0.2, 0) is 10.0 Å². The highest BCUT2D eigenvalue weighted by Gasteiger charge is 2.27. The molecule has 5 nitrogen and oxygen atoms in total. The molecule has 0 saturated carbocycles. The van der Waals surface area contributed by atoms with Crippen molar-refractivity contribution in [2.75, 3.05) is 19.3 Å². The lowest BCUT2D eigenvalue weighted by Crippen LogP contribution is -2.49. The SMILES string of the molecule is CS(=O)(=O)NC1CCCN(C(=O)c2sccc2Br)C1. The predicted octanol–water partition coefficient (Wildman–Crippen LogP) is 1.66. The van der Waals surface area contributed by atoms with Gasteiger partial charge in [-0.15, -0.1) is 11.3 Å². The van der Waals surface area contributed by atoms with Crippen molar-refractivity contribution in [3.05, 3.63) is 20.8 Å². The van der Waals surface area contributed by atoms with Crippen molar-refractivity contribution in [2.24, 2.45) is 0 Å². The maximum atomic E-state index is 12.3. The van der Waals surface area contributed by atoms with E-state index in [4.69, 9.17) is 0 Å². The van der Waals surface area contributed by atoms with E-state index in [2.05, 4.69) is 20.7 Å². The lowest BCUT2D eigenvalue weighted by molar-refractivity contribution is 0.0707. The van der Waals surface area contributed by atoms with Crippen LogP contribution in [0.3, 0.4) is 0 Å². The van der Waals surface area contributed by atoms with Gasteiger partial charge in [-0.05, 0) is 40.2 Å². The highest BCUT2D eigenvalue weighted by molar-refractivity contribution is 9.10. The third-order valence-corrected chi connectivity index (χ3v) is 5.49. The summed E-state index contributed by atoms with van der Waals surface area (Å²) in [5, 5.41) is 1.85. The summed E-state index contributed by atoms with van der Waals surface area (Å²) in [5.74, 6) is -0.0399. The maximum Gasteiger partial charge on any atom is 0.265 e. The first-order valence-electron chi connectivity index (χ1n) is 5.86. The highest BCUT2D eigenvalue weighted by atomic mass is 79.9. The predicted molar refractivity (Wildman–Crippen MR) is 78.9 cm³/mol. The average molecular weight is 367 g/mol. The zero-order valence-electron chi connectivity index (χ0n) is 10.4. The van der Waals surface area contributed by atoms with Gasteiger partial charge in [-0.1, -0.05) is 0 Å². The number of thiophene rings is 1. The summed E-state index contributed by atoms with van der Waals surface area (Å²) in [6.45, 7) is 1.10. The molecule has 1 aliphatic rings. The minimum Gasteiger partial charge on any atom is -0.336 e. The molecule has 2 rings (SSSR count). The Labute approximate surface area is 125 Å². The molecule has 0 bridgehead atoms. The minimum absolute atomic E-state index is 0.0399. The molecule has 1 saturated heterocycles. The summed E-state index contributed by atoms with van der Waals surface area (Å²) in [6, 6.07) is 1.65. The van der Waals surface area contributed by atoms with Crippen LogP contribution >= 0.6 is 27.3 Å². The summed E-state index contributed by atoms with van der Waals surface area (Å²) in [6.07, 6.45) is 2.72. The Balaban J connectivity index is 2.05. The Kier molecular flexibility index (Phi) is 4.65. The monoisotopic (exact) mass is 366 g/mol. The van der Waals surface area contributed by atoms with Crippen LogP contribution < -0.4 is 4.72 Å². The van der Waals surface area contributed by atoms with E-state index in [1.165, 1.54) is 11.3 Å². The number of rotatable bonds is 3. The van der Waals surface area contributed by atoms with E-state index in [0.717, 1.165) is 23.6 Å². The lowest BCUT2D eigenvalue weighted by Gasteiger charge is -2.32. The first-order valence-corrected chi connectivity index (χ1v) is 9.43. The molecule has 1 aliphatic heterocycles. The first kappa shape index (κ1) is 15.0. The molecule has 106 valence electrons. The highest BCUT2D eigenvalue weighted by Crippen LogP contribution is 2.25. The number of carbonyl (C=O) groups is 1. The molecule has 1 aromatic heterocycles. The van der Waals surface area contributed by atoms with Gasteiger partial charge in [-0.2, -0.15) is 0 Å². The molecule has 0 aromatic carbocycles. The molecule has 1 N–H and O–H groups in total. The molecule has 1 atom stereocenters. The fourth-order valence-corrected chi connectivity index (χ4v) is 4.46. The second kappa shape index (κ2) is 5.90. The second-order valence-corrected chi connectivity index (χ2v) is 8.13. The molecule has 8 heteroatoms. The topological polar surface area (TPSA) is 66.5 Å². The van der Waals surface area contributed by atoms with Gasteiger partial charge in [-0.25, -0.2) is 13.1 Å². The molecular formula is C11H15BrN2O3S2. The molecule has 19 heavy (non-hydrogen) atoms. The van der Waals surface area contributed by atoms with Crippen LogP contribution in [0, 0.1) is 0 Å². The minimum atomic E-state index is -3.23. The lowest BCUT2D eigenvalue weighted by atomic mass is 10.1. The van der Waals surface area contributed by atoms with E-state index in [0.29, 0.717) is 18.0 Å². The van der Waals surface area contributed by atoms with Gasteiger partial charge < -0.3 is 4.90 Å². The van der Waals surface area contributed by atoms with E-state index in [9.17, 15) is 13.2 Å². The molecule has 0 aliphatic carbocycles. The Morgan fingerprint density at radius 2 is 2.32 bits per heavy atom. The van der Waals surface area contributed by atoms with Crippen molar-refractivity contribution in [1.29, 1.82) is 0 Å². The number of nitrogens with one attached hydrogen (secondary N) is 1. The molecule has 1 aromatic rings. The van der Waals surface area contributed by atoms with Gasteiger partial charge in [0.15, 0.2) is 0 Å². The molecular weight excluding hydrogens is 352 g/mol. The number of hydrogen-bond donors (Lipinski definition) is 1. The molecule has 2 heterocycles. The zero-order valence-corrected chi connectivity index (χ0v) is 13.6. The number of likely N-dealkylation sites (tertiary alicyclic amines) is 1. The molecule has 1 unspecified atom stereocenters. The summed E-state index contributed by atoms with van der Waals surface area (Å²) in [7, 11) is -3.23. The summed E-state index contributed by atoms with van der Waals surface area (Å²) >= 11 is 4.74. The smallest absolute Gasteiger partial charge is 0.265 e. The van der Waals surface area contributed by atoms with Crippen LogP contribution in [0.1, 0.15) is 22.5 Å². The third-order valence-electron chi connectivity index (χ3n) is 2.90. The van der Waals surface area contributed by atoms with E-state index in [-0.39, 0.29) is 11.9 Å². The largest absolute Gasteiger partial charge is 0.336 e. The summed E-state index contributed by atoms with van der Waals surface area (Å²) in [4.78, 5) is 14.7. The Bertz CT molecular complexity index is 570. The molecule has 0 radical (unpaired) electrons. The van der Waals surface area contributed by atoms with Crippen LogP contribution in [0.15, 0.2) is 15.9 Å². The van der Waals surface area contributed by atoms with Crippen LogP contribution in [-0.4, -0.2) is 44.6 Å². The number of nitrogens with zero attached hydrogens (tertiary/aromatic N) is 1. The quantitative estimate of drug-likeness (QED) is 0.884. The van der Waals surface area contributed by atoms with Crippen LogP contribution in [0.2, 0.25) is 0 Å². The molecule has 0 spiro atoms. The van der Waals surface area contributed by atoms with Crippen molar-refractivity contribution >= 4 is 43.2 Å². The van der Waals surface area contributed by atoms with Gasteiger partial charge in [0.25, 0.3) is 5.91 Å². The van der Waals surface area contributed by atoms with Crippen molar-refractivity contribution in [3.8, 4) is 0 Å². The van der Waals surface area contributed by atoms with Gasteiger partial charge >= 0.3 is 0 Å². The van der Waals surface area contributed by atoms with Crippen LogP contribution in [0.4, 0.5) is 0 Å². The number of amides is 1. The summed E-state index contributed by atoms with van der Waals surface area (Å²) in [5.41, 5.74) is 0. The summed E-state index contributed by atoms with van der Waals surface area (Å²) < 4.78 is 25.8. The van der Waals surface area contributed by atoms with E-state index >= 15 is 0 Å². The average Bonchev–Trinajstić information content (AvgIpc) is 2.72. The van der Waals surface area contributed by atoms with Gasteiger partial charge in [0, 0.05) is 23.6 Å². The normalized spacial score (nSPS) is 20.5. The fraction of sp³-hybridized carbons (Fsp3) is 0.545. The van der Waals surface area contributed by atoms with Crippen LogP contribution in [0.25, 0.3) is 0 Å². The number of sulfonamides is 1. The standard InChI is InChI=1S/C11H15BrN2O3S2/c1-19(16,17)13-8-3-2-5-14(7-8)11(15)10-9(12)4-6-18-10/h4,6,8,13H,2-3,5,7H2,1H3. The zero-order chi connectivity index (χ0) is 14.0. The maximum absolute atomic E-state index is 12.3. The number of carbonyl (C=O) groups excluding carboxylic acids is 1. The van der Waals surface area contributed by atoms with Crippen molar-refractivity contribution in [1.82, 2.24) is 9.62 Å². The van der Waals surface area contributed by atoms with Crippen LogP contribution in [0.5, 0.6) is 0 Å². The Morgan fingerprint density at radius 1 is 1.58 bits per heavy atom. The molecule has 1 fully saturated rings. The second-order valence-electron chi connectivity index (χ2n) is 4.58. The Morgan fingerprint density at radius 3 is 2.89 bits per heavy atom. The van der Waals surface area contributed by atoms with E-state index < -0.39 is 10.0 Å². The van der Waals surface area contributed by atoms with E-state index in [1.54, 1.807) is 4.90 Å². The van der Waals surface area contributed by atoms with E-state index in [1.807, 2.05) is 11.4 Å². The number of halogens is 1. The third kappa shape index (κ3) is 4.01. The van der Waals surface area contributed by atoms with Crippen molar-refractivity contribution in [3.63, 3.8) is 0 Å². The van der Waals surface area contributed by atoms with Gasteiger partial charge in [0.05, 0.1) is 6.26 Å². The number of hydrogen-bond acceptors (Lipinski definition) is 4. The first-order chi connectivity index (χ1) is 8.87. The van der Waals surface area contributed by atoms with Gasteiger partial charge in [0.2, 0.25) is 10.0 Å². The van der Waals surface area contributed by atoms with Gasteiger partial charge in [0.1, 0.15) is 4.88 Å². The van der Waals surface area contributed by atoms with Crippen molar-refractivity contribution in [2.45, 2.75) is 18.9 Å². The van der Waals surface area contributed by atoms with Crippen molar-refractivity contribution < 1.29 is 13.2 Å². The fourth-order valence-electron chi connectivity index (χ4n) is 2.15. The number of piperidine rings is 1. The Hall–Kier alpha value is -0.440.